The Hall–Kier alpha value is -3.48. The molecule has 0 bridgehead atoms. The van der Waals surface area contributed by atoms with Crippen LogP contribution >= 0.6 is 0 Å². The first-order valence-electron chi connectivity index (χ1n) is 8.35. The van der Waals surface area contributed by atoms with Crippen molar-refractivity contribution >= 4 is 11.6 Å². The van der Waals surface area contributed by atoms with Gasteiger partial charge >= 0.3 is 6.01 Å². The fraction of sp³-hybridized carbons (Fsp3) is 0.150. The second kappa shape index (κ2) is 8.27. The standard InChI is InChI=1S/C20H18FN3O3/c1-13(2)19(25)23-15-5-9-17(10-6-15)27-20-22-12-11-18(24-20)26-16-7-3-14(21)4-8-16/h3-13H,1-2H3,(H,23,25). The number of rotatable bonds is 6. The predicted molar refractivity (Wildman–Crippen MR) is 98.5 cm³/mol. The number of ether oxygens (including phenoxy) is 2. The van der Waals surface area contributed by atoms with E-state index in [9.17, 15) is 9.18 Å². The lowest BCUT2D eigenvalue weighted by Crippen LogP contribution is -2.17. The molecule has 0 saturated heterocycles. The van der Waals surface area contributed by atoms with Crippen LogP contribution in [0.3, 0.4) is 0 Å². The highest BCUT2D eigenvalue weighted by molar-refractivity contribution is 5.92. The zero-order valence-corrected chi connectivity index (χ0v) is 14.8. The Balaban J connectivity index is 1.65. The summed E-state index contributed by atoms with van der Waals surface area (Å²) < 4.78 is 24.1. The molecule has 2 aromatic carbocycles. The molecule has 0 atom stereocenters. The summed E-state index contributed by atoms with van der Waals surface area (Å²) in [6.07, 6.45) is 1.50. The average Bonchev–Trinajstić information content (AvgIpc) is 2.65. The van der Waals surface area contributed by atoms with Gasteiger partial charge in [-0.2, -0.15) is 4.98 Å². The SMILES string of the molecule is CC(C)C(=O)Nc1ccc(Oc2nccc(Oc3ccc(F)cc3)n2)cc1. The van der Waals surface area contributed by atoms with Crippen LogP contribution in [-0.2, 0) is 4.79 Å². The quantitative estimate of drug-likeness (QED) is 0.678. The Morgan fingerprint density at radius 3 is 2.26 bits per heavy atom. The van der Waals surface area contributed by atoms with Crippen molar-refractivity contribution in [3.63, 3.8) is 0 Å². The minimum Gasteiger partial charge on any atom is -0.439 e. The number of nitrogens with one attached hydrogen (secondary N) is 1. The van der Waals surface area contributed by atoms with Gasteiger partial charge in [0.05, 0.1) is 0 Å². The van der Waals surface area contributed by atoms with Crippen LogP contribution in [0.25, 0.3) is 0 Å². The molecule has 1 amide bonds. The largest absolute Gasteiger partial charge is 0.439 e. The monoisotopic (exact) mass is 367 g/mol. The van der Waals surface area contributed by atoms with E-state index in [2.05, 4.69) is 15.3 Å². The summed E-state index contributed by atoms with van der Waals surface area (Å²) in [4.78, 5) is 19.9. The minimum absolute atomic E-state index is 0.0577. The highest BCUT2D eigenvalue weighted by Gasteiger charge is 2.08. The number of anilines is 1. The fourth-order valence-electron chi connectivity index (χ4n) is 2.05. The van der Waals surface area contributed by atoms with Gasteiger partial charge in [-0.25, -0.2) is 9.37 Å². The van der Waals surface area contributed by atoms with Crippen LogP contribution < -0.4 is 14.8 Å². The molecule has 0 radical (unpaired) electrons. The molecule has 6 nitrogen and oxygen atoms in total. The van der Waals surface area contributed by atoms with E-state index < -0.39 is 0 Å². The van der Waals surface area contributed by atoms with Crippen LogP contribution in [0.4, 0.5) is 10.1 Å². The van der Waals surface area contributed by atoms with E-state index in [0.29, 0.717) is 17.2 Å². The van der Waals surface area contributed by atoms with Gasteiger partial charge in [-0.1, -0.05) is 13.8 Å². The van der Waals surface area contributed by atoms with Crippen molar-refractivity contribution in [1.82, 2.24) is 9.97 Å². The number of halogens is 1. The summed E-state index contributed by atoms with van der Waals surface area (Å²) in [5.74, 6) is 0.730. The third-order valence-corrected chi connectivity index (χ3v) is 3.50. The second-order valence-corrected chi connectivity index (χ2v) is 6.00. The minimum atomic E-state index is -0.345. The highest BCUT2D eigenvalue weighted by atomic mass is 19.1. The van der Waals surface area contributed by atoms with Gasteiger partial charge in [0.2, 0.25) is 11.8 Å². The van der Waals surface area contributed by atoms with Crippen LogP contribution in [0.1, 0.15) is 13.8 Å². The first-order valence-corrected chi connectivity index (χ1v) is 8.35. The maximum Gasteiger partial charge on any atom is 0.325 e. The van der Waals surface area contributed by atoms with Crippen molar-refractivity contribution in [1.29, 1.82) is 0 Å². The van der Waals surface area contributed by atoms with Crippen molar-refractivity contribution in [2.75, 3.05) is 5.32 Å². The van der Waals surface area contributed by atoms with Gasteiger partial charge in [0.1, 0.15) is 17.3 Å². The van der Waals surface area contributed by atoms with Crippen LogP contribution in [0.15, 0.2) is 60.8 Å². The third kappa shape index (κ3) is 5.24. The molecule has 0 aliphatic rings. The van der Waals surface area contributed by atoms with E-state index >= 15 is 0 Å². The number of hydrogen-bond donors (Lipinski definition) is 1. The molecule has 1 heterocycles. The Labute approximate surface area is 156 Å². The van der Waals surface area contributed by atoms with Crippen LogP contribution in [0, 0.1) is 11.7 Å². The van der Waals surface area contributed by atoms with Crippen molar-refractivity contribution < 1.29 is 18.7 Å². The second-order valence-electron chi connectivity index (χ2n) is 6.00. The van der Waals surface area contributed by atoms with Crippen LogP contribution in [0.2, 0.25) is 0 Å². The molecule has 0 saturated carbocycles. The smallest absolute Gasteiger partial charge is 0.325 e. The lowest BCUT2D eigenvalue weighted by Gasteiger charge is -2.09. The molecule has 0 aliphatic heterocycles. The van der Waals surface area contributed by atoms with Crippen molar-refractivity contribution in [2.24, 2.45) is 5.92 Å². The van der Waals surface area contributed by atoms with E-state index in [0.717, 1.165) is 0 Å². The molecule has 138 valence electrons. The number of carbonyl (C=O) groups is 1. The molecule has 27 heavy (non-hydrogen) atoms. The number of aromatic nitrogens is 2. The Bertz CT molecular complexity index is 913. The molecule has 1 aromatic heterocycles. The third-order valence-electron chi connectivity index (χ3n) is 3.50. The zero-order chi connectivity index (χ0) is 19.2. The summed E-state index contributed by atoms with van der Waals surface area (Å²) in [5.41, 5.74) is 0.676. The van der Waals surface area contributed by atoms with E-state index in [1.807, 2.05) is 13.8 Å². The Morgan fingerprint density at radius 2 is 1.59 bits per heavy atom. The topological polar surface area (TPSA) is 73.3 Å². The molecule has 1 N–H and O–H groups in total. The van der Waals surface area contributed by atoms with Gasteiger partial charge in [0.25, 0.3) is 0 Å². The number of hydrogen-bond acceptors (Lipinski definition) is 5. The summed E-state index contributed by atoms with van der Waals surface area (Å²) >= 11 is 0. The first kappa shape index (κ1) is 18.3. The van der Waals surface area contributed by atoms with Gasteiger partial charge < -0.3 is 14.8 Å². The molecule has 0 fully saturated rings. The molecule has 3 aromatic rings. The van der Waals surface area contributed by atoms with Gasteiger partial charge in [-0.05, 0) is 48.5 Å². The zero-order valence-electron chi connectivity index (χ0n) is 14.8. The van der Waals surface area contributed by atoms with Crippen molar-refractivity contribution in [2.45, 2.75) is 13.8 Å². The summed E-state index contributed by atoms with van der Waals surface area (Å²) in [5, 5.41) is 2.80. The average molecular weight is 367 g/mol. The molecule has 7 heteroatoms. The number of carbonyl (C=O) groups excluding carboxylic acids is 1. The summed E-state index contributed by atoms with van der Waals surface area (Å²) in [7, 11) is 0. The Kier molecular flexibility index (Phi) is 5.61. The van der Waals surface area contributed by atoms with Crippen LogP contribution in [0.5, 0.6) is 23.4 Å². The lowest BCUT2D eigenvalue weighted by molar-refractivity contribution is -0.118. The van der Waals surface area contributed by atoms with Crippen LogP contribution in [-0.4, -0.2) is 15.9 Å². The maximum atomic E-state index is 12.9. The first-order chi connectivity index (χ1) is 13.0. The number of benzene rings is 2. The molecule has 3 rings (SSSR count). The maximum absolute atomic E-state index is 12.9. The van der Waals surface area contributed by atoms with E-state index in [1.54, 1.807) is 30.3 Å². The molecule has 0 aliphatic carbocycles. The number of nitrogens with zero attached hydrogens (tertiary/aromatic N) is 2. The van der Waals surface area contributed by atoms with Crippen molar-refractivity contribution in [3.8, 4) is 23.4 Å². The van der Waals surface area contributed by atoms with Gasteiger partial charge in [0, 0.05) is 23.9 Å². The van der Waals surface area contributed by atoms with Gasteiger partial charge in [0.15, 0.2) is 0 Å². The number of amides is 1. The summed E-state index contributed by atoms with van der Waals surface area (Å²) in [6, 6.07) is 14.1. The molecular weight excluding hydrogens is 349 g/mol. The molecule has 0 spiro atoms. The normalized spacial score (nSPS) is 10.5. The molecule has 0 unspecified atom stereocenters. The highest BCUT2D eigenvalue weighted by Crippen LogP contribution is 2.24. The van der Waals surface area contributed by atoms with E-state index in [1.165, 1.54) is 30.5 Å². The predicted octanol–water partition coefficient (Wildman–Crippen LogP) is 4.79. The Morgan fingerprint density at radius 1 is 0.963 bits per heavy atom. The van der Waals surface area contributed by atoms with Crippen molar-refractivity contribution in [3.05, 3.63) is 66.6 Å². The van der Waals surface area contributed by atoms with Gasteiger partial charge in [-0.3, -0.25) is 4.79 Å². The fourth-order valence-corrected chi connectivity index (χ4v) is 2.05. The van der Waals surface area contributed by atoms with E-state index in [-0.39, 0.29) is 29.5 Å². The van der Waals surface area contributed by atoms with E-state index in [4.69, 9.17) is 9.47 Å². The molecular formula is C20H18FN3O3. The summed E-state index contributed by atoms with van der Waals surface area (Å²) in [6.45, 7) is 3.65. The van der Waals surface area contributed by atoms with Gasteiger partial charge in [-0.15, -0.1) is 0 Å². The lowest BCUT2D eigenvalue weighted by atomic mass is 10.2.